The van der Waals surface area contributed by atoms with Crippen LogP contribution in [-0.2, 0) is 9.53 Å². The Balaban J connectivity index is 2.11. The lowest BCUT2D eigenvalue weighted by Crippen LogP contribution is -2.31. The molecule has 154 valence electrons. The normalized spacial score (nSPS) is 10.8. The highest BCUT2D eigenvalue weighted by Gasteiger charge is 2.22. The number of carbonyl (C=O) groups excluding carboxylic acids is 4. The van der Waals surface area contributed by atoms with E-state index in [2.05, 4.69) is 25.7 Å². The van der Waals surface area contributed by atoms with Crippen molar-refractivity contribution in [3.05, 3.63) is 40.9 Å². The summed E-state index contributed by atoms with van der Waals surface area (Å²) >= 11 is 1.13. The fourth-order valence-corrected chi connectivity index (χ4v) is 2.81. The van der Waals surface area contributed by atoms with Crippen LogP contribution in [-0.4, -0.2) is 35.4 Å². The van der Waals surface area contributed by atoms with Gasteiger partial charge in [-0.2, -0.15) is 0 Å². The van der Waals surface area contributed by atoms with Gasteiger partial charge in [-0.15, -0.1) is 11.3 Å². The van der Waals surface area contributed by atoms with Crippen LogP contribution < -0.4 is 16.0 Å². The molecule has 0 aliphatic rings. The van der Waals surface area contributed by atoms with E-state index in [0.717, 1.165) is 11.3 Å². The number of ether oxygens (including phenoxy) is 1. The Morgan fingerprint density at radius 3 is 2.48 bits per heavy atom. The minimum absolute atomic E-state index is 0.127. The molecule has 4 amide bonds. The summed E-state index contributed by atoms with van der Waals surface area (Å²) < 4.78 is 4.67. The number of carbonyl (C=O) groups is 4. The fourth-order valence-electron chi connectivity index (χ4n) is 2.03. The smallest absolute Gasteiger partial charge is 0.414 e. The average Bonchev–Trinajstić information content (AvgIpc) is 3.09. The van der Waals surface area contributed by atoms with Gasteiger partial charge in [0.25, 0.3) is 11.8 Å². The zero-order valence-corrected chi connectivity index (χ0v) is 17.3. The molecule has 0 radical (unpaired) electrons. The van der Waals surface area contributed by atoms with E-state index in [9.17, 15) is 19.2 Å². The molecule has 0 saturated heterocycles. The average molecular weight is 418 g/mol. The molecule has 0 aliphatic carbocycles. The summed E-state index contributed by atoms with van der Waals surface area (Å²) in [6, 6.07) is 4.40. The molecule has 0 saturated carbocycles. The Hall–Kier alpha value is -3.27. The number of aromatic nitrogens is 1. The molecule has 0 spiro atoms. The van der Waals surface area contributed by atoms with E-state index in [1.165, 1.54) is 24.4 Å². The van der Waals surface area contributed by atoms with E-state index in [0.29, 0.717) is 0 Å². The molecule has 0 aromatic carbocycles. The van der Waals surface area contributed by atoms with Crippen molar-refractivity contribution in [3.8, 4) is 0 Å². The van der Waals surface area contributed by atoms with Crippen molar-refractivity contribution in [2.75, 3.05) is 17.2 Å². The van der Waals surface area contributed by atoms with Gasteiger partial charge in [-0.25, -0.2) is 9.78 Å². The van der Waals surface area contributed by atoms with Gasteiger partial charge in [0.2, 0.25) is 5.91 Å². The largest absolute Gasteiger partial charge is 0.450 e. The third kappa shape index (κ3) is 6.11. The topological polar surface area (TPSA) is 126 Å². The van der Waals surface area contributed by atoms with Gasteiger partial charge in [-0.1, -0.05) is 20.8 Å². The van der Waals surface area contributed by atoms with Crippen LogP contribution in [0.1, 0.15) is 48.4 Å². The minimum atomic E-state index is -0.866. The van der Waals surface area contributed by atoms with Crippen molar-refractivity contribution in [2.45, 2.75) is 27.7 Å². The molecule has 2 rings (SSSR count). The number of rotatable bonds is 5. The van der Waals surface area contributed by atoms with E-state index in [1.54, 1.807) is 33.1 Å². The van der Waals surface area contributed by atoms with Crippen LogP contribution in [0, 0.1) is 5.41 Å². The number of nitrogens with zero attached hydrogens (tertiary/aromatic N) is 1. The first-order valence-corrected chi connectivity index (χ1v) is 9.64. The number of imide groups is 1. The van der Waals surface area contributed by atoms with Crippen LogP contribution in [0.5, 0.6) is 0 Å². The van der Waals surface area contributed by atoms with Gasteiger partial charge in [-0.05, 0) is 30.5 Å². The Kier molecular flexibility index (Phi) is 7.05. The Labute approximate surface area is 171 Å². The van der Waals surface area contributed by atoms with Crippen molar-refractivity contribution in [1.29, 1.82) is 0 Å². The third-order valence-corrected chi connectivity index (χ3v) is 4.40. The van der Waals surface area contributed by atoms with Crippen LogP contribution in [0.15, 0.2) is 29.8 Å². The zero-order chi connectivity index (χ0) is 21.6. The van der Waals surface area contributed by atoms with E-state index in [1.807, 2.05) is 0 Å². The van der Waals surface area contributed by atoms with Crippen molar-refractivity contribution in [2.24, 2.45) is 5.41 Å². The molecular weight excluding hydrogens is 396 g/mol. The van der Waals surface area contributed by atoms with Crippen LogP contribution in [0.25, 0.3) is 0 Å². The maximum Gasteiger partial charge on any atom is 0.414 e. The van der Waals surface area contributed by atoms with Gasteiger partial charge in [0, 0.05) is 17.2 Å². The van der Waals surface area contributed by atoms with Crippen molar-refractivity contribution in [3.63, 3.8) is 0 Å². The molecule has 2 aromatic heterocycles. The lowest BCUT2D eigenvalue weighted by atomic mass is 9.96. The van der Waals surface area contributed by atoms with E-state index >= 15 is 0 Å². The second-order valence-corrected chi connectivity index (χ2v) is 7.84. The molecule has 2 heterocycles. The number of amides is 4. The molecule has 29 heavy (non-hydrogen) atoms. The Morgan fingerprint density at radius 2 is 1.83 bits per heavy atom. The van der Waals surface area contributed by atoms with Gasteiger partial charge in [0.05, 0.1) is 12.2 Å². The number of hydrogen-bond donors (Lipinski definition) is 3. The maximum atomic E-state index is 12.6. The van der Waals surface area contributed by atoms with Gasteiger partial charge < -0.3 is 15.4 Å². The molecule has 0 bridgehead atoms. The van der Waals surface area contributed by atoms with Crippen LogP contribution in [0.3, 0.4) is 0 Å². The second-order valence-electron chi connectivity index (χ2n) is 6.93. The SMILES string of the molecule is CCOC(=O)NC(=O)c1ccsc1NC(=O)c1ccnc(NC(=O)C(C)(C)C)c1. The summed E-state index contributed by atoms with van der Waals surface area (Å²) in [7, 11) is 0. The molecule has 10 heteroatoms. The number of thiophene rings is 1. The lowest BCUT2D eigenvalue weighted by molar-refractivity contribution is -0.123. The quantitative estimate of drug-likeness (QED) is 0.684. The van der Waals surface area contributed by atoms with Crippen molar-refractivity contribution in [1.82, 2.24) is 10.3 Å². The number of pyridine rings is 1. The molecule has 2 aromatic rings. The zero-order valence-electron chi connectivity index (χ0n) is 16.5. The van der Waals surface area contributed by atoms with Crippen LogP contribution in [0.4, 0.5) is 15.6 Å². The van der Waals surface area contributed by atoms with Crippen LogP contribution >= 0.6 is 11.3 Å². The molecule has 0 atom stereocenters. The highest BCUT2D eigenvalue weighted by Crippen LogP contribution is 2.24. The number of hydrogen-bond acceptors (Lipinski definition) is 7. The van der Waals surface area contributed by atoms with E-state index in [4.69, 9.17) is 0 Å². The van der Waals surface area contributed by atoms with E-state index in [-0.39, 0.29) is 34.5 Å². The van der Waals surface area contributed by atoms with Crippen LogP contribution in [0.2, 0.25) is 0 Å². The summed E-state index contributed by atoms with van der Waals surface area (Å²) in [4.78, 5) is 52.3. The van der Waals surface area contributed by atoms with Gasteiger partial charge in [-0.3, -0.25) is 19.7 Å². The monoisotopic (exact) mass is 418 g/mol. The summed E-state index contributed by atoms with van der Waals surface area (Å²) in [6.07, 6.45) is 0.532. The Bertz CT molecular complexity index is 933. The number of alkyl carbamates (subject to hydrolysis) is 1. The molecular formula is C19H22N4O5S. The first-order chi connectivity index (χ1) is 13.6. The van der Waals surface area contributed by atoms with Gasteiger partial charge >= 0.3 is 6.09 Å². The number of nitrogens with one attached hydrogen (secondary N) is 3. The summed E-state index contributed by atoms with van der Waals surface area (Å²) in [5, 5.41) is 9.25. The molecule has 9 nitrogen and oxygen atoms in total. The minimum Gasteiger partial charge on any atom is -0.450 e. The molecule has 0 aliphatic heterocycles. The van der Waals surface area contributed by atoms with Crippen molar-refractivity contribution >= 4 is 46.0 Å². The number of anilines is 2. The molecule has 0 unspecified atom stereocenters. The molecule has 3 N–H and O–H groups in total. The maximum absolute atomic E-state index is 12.6. The predicted octanol–water partition coefficient (Wildman–Crippen LogP) is 3.27. The summed E-state index contributed by atoms with van der Waals surface area (Å²) in [5.74, 6) is -1.18. The molecule has 0 fully saturated rings. The van der Waals surface area contributed by atoms with Gasteiger partial charge in [0.1, 0.15) is 10.8 Å². The standard InChI is InChI=1S/C19H22N4O5S/c1-5-28-18(27)23-15(25)12-7-9-29-16(12)22-14(24)11-6-8-20-13(10-11)21-17(26)19(2,3)4/h6-10H,5H2,1-4H3,(H,22,24)(H,20,21,26)(H,23,25,27). The first kappa shape index (κ1) is 22.0. The summed E-state index contributed by atoms with van der Waals surface area (Å²) in [6.45, 7) is 7.03. The summed E-state index contributed by atoms with van der Waals surface area (Å²) in [5.41, 5.74) is -0.237. The lowest BCUT2D eigenvalue weighted by Gasteiger charge is -2.17. The highest BCUT2D eigenvalue weighted by molar-refractivity contribution is 7.14. The third-order valence-electron chi connectivity index (χ3n) is 3.57. The highest BCUT2D eigenvalue weighted by atomic mass is 32.1. The van der Waals surface area contributed by atoms with Crippen molar-refractivity contribution < 1.29 is 23.9 Å². The predicted molar refractivity (Wildman–Crippen MR) is 109 cm³/mol. The fraction of sp³-hybridized carbons (Fsp3) is 0.316. The Morgan fingerprint density at radius 1 is 1.10 bits per heavy atom. The van der Waals surface area contributed by atoms with E-state index < -0.39 is 23.3 Å². The first-order valence-electron chi connectivity index (χ1n) is 8.76. The second kappa shape index (κ2) is 9.28. The van der Waals surface area contributed by atoms with Gasteiger partial charge in [0.15, 0.2) is 0 Å².